The normalized spacial score (nSPS) is 18.8. The molecule has 1 atom stereocenters. The fraction of sp³-hybridized carbons (Fsp3) is 0.588. The van der Waals surface area contributed by atoms with E-state index in [0.29, 0.717) is 0 Å². The molecule has 2 aromatic rings. The van der Waals surface area contributed by atoms with E-state index < -0.39 is 0 Å². The zero-order chi connectivity index (χ0) is 16.4. The molecule has 6 nitrogen and oxygen atoms in total. The van der Waals surface area contributed by atoms with Crippen molar-refractivity contribution in [1.29, 1.82) is 0 Å². The number of aryl methyl sites for hydroxylation is 2. The van der Waals surface area contributed by atoms with Crippen molar-refractivity contribution >= 4 is 0 Å². The standard InChI is InChI=1S/C17H25N5O/c1-5-17(4,21-9-11-23-12-10-21)16-18-19-20-22(16)15-13(2)7-6-8-14(15)3/h6-8H,5,9-12H2,1-4H3. The number of aromatic nitrogens is 4. The highest BCUT2D eigenvalue weighted by molar-refractivity contribution is 5.47. The van der Waals surface area contributed by atoms with E-state index in [9.17, 15) is 0 Å². The zero-order valence-electron chi connectivity index (χ0n) is 14.4. The van der Waals surface area contributed by atoms with Gasteiger partial charge in [0.2, 0.25) is 0 Å². The Bertz CT molecular complexity index is 657. The highest BCUT2D eigenvalue weighted by Crippen LogP contribution is 2.32. The van der Waals surface area contributed by atoms with Crippen LogP contribution in [0.3, 0.4) is 0 Å². The van der Waals surface area contributed by atoms with Crippen LogP contribution in [0.5, 0.6) is 0 Å². The number of para-hydroxylation sites is 1. The van der Waals surface area contributed by atoms with Crippen LogP contribution in [-0.2, 0) is 10.3 Å². The van der Waals surface area contributed by atoms with Crippen LogP contribution in [-0.4, -0.2) is 51.4 Å². The molecule has 23 heavy (non-hydrogen) atoms. The molecule has 3 rings (SSSR count). The lowest BCUT2D eigenvalue weighted by Gasteiger charge is -2.41. The largest absolute Gasteiger partial charge is 0.379 e. The number of tetrazole rings is 1. The van der Waals surface area contributed by atoms with E-state index in [0.717, 1.165) is 44.2 Å². The van der Waals surface area contributed by atoms with Crippen LogP contribution in [0.4, 0.5) is 0 Å². The molecular formula is C17H25N5O. The lowest BCUT2D eigenvalue weighted by Crippen LogP contribution is -2.50. The molecule has 1 aromatic carbocycles. The highest BCUT2D eigenvalue weighted by atomic mass is 16.5. The van der Waals surface area contributed by atoms with E-state index in [1.807, 2.05) is 4.68 Å². The van der Waals surface area contributed by atoms with Gasteiger partial charge in [0.05, 0.1) is 24.4 Å². The van der Waals surface area contributed by atoms with Crippen LogP contribution in [0.2, 0.25) is 0 Å². The van der Waals surface area contributed by atoms with E-state index in [1.54, 1.807) is 0 Å². The first-order chi connectivity index (χ1) is 11.1. The Morgan fingerprint density at radius 1 is 1.17 bits per heavy atom. The smallest absolute Gasteiger partial charge is 0.176 e. The maximum Gasteiger partial charge on any atom is 0.176 e. The zero-order valence-corrected chi connectivity index (χ0v) is 14.4. The molecule has 1 unspecified atom stereocenters. The molecule has 1 fully saturated rings. The Labute approximate surface area is 137 Å². The molecule has 0 bridgehead atoms. The van der Waals surface area contributed by atoms with Crippen molar-refractivity contribution in [3.63, 3.8) is 0 Å². The minimum absolute atomic E-state index is 0.206. The summed E-state index contributed by atoms with van der Waals surface area (Å²) >= 11 is 0. The van der Waals surface area contributed by atoms with Gasteiger partial charge < -0.3 is 4.74 Å². The third kappa shape index (κ3) is 2.77. The van der Waals surface area contributed by atoms with E-state index in [4.69, 9.17) is 4.74 Å². The van der Waals surface area contributed by atoms with Crippen molar-refractivity contribution in [3.8, 4) is 5.69 Å². The number of benzene rings is 1. The second-order valence-corrected chi connectivity index (χ2v) is 6.38. The van der Waals surface area contributed by atoms with E-state index in [-0.39, 0.29) is 5.54 Å². The molecule has 0 aliphatic carbocycles. The molecule has 0 spiro atoms. The average molecular weight is 315 g/mol. The first-order valence-corrected chi connectivity index (χ1v) is 8.26. The number of ether oxygens (including phenoxy) is 1. The van der Waals surface area contributed by atoms with Crippen molar-refractivity contribution in [3.05, 3.63) is 35.2 Å². The summed E-state index contributed by atoms with van der Waals surface area (Å²) in [5, 5.41) is 12.7. The van der Waals surface area contributed by atoms with Crippen molar-refractivity contribution in [2.45, 2.75) is 39.7 Å². The van der Waals surface area contributed by atoms with Crippen molar-refractivity contribution in [1.82, 2.24) is 25.1 Å². The third-order valence-electron chi connectivity index (χ3n) is 5.00. The van der Waals surface area contributed by atoms with Gasteiger partial charge in [0.15, 0.2) is 5.82 Å². The highest BCUT2D eigenvalue weighted by Gasteiger charge is 2.38. The maximum atomic E-state index is 5.51. The van der Waals surface area contributed by atoms with Gasteiger partial charge in [-0.1, -0.05) is 25.1 Å². The lowest BCUT2D eigenvalue weighted by molar-refractivity contribution is -0.0240. The predicted molar refractivity (Wildman–Crippen MR) is 88.7 cm³/mol. The molecule has 1 aliphatic heterocycles. The van der Waals surface area contributed by atoms with Gasteiger partial charge in [0.1, 0.15) is 0 Å². The molecule has 2 heterocycles. The fourth-order valence-corrected chi connectivity index (χ4v) is 3.39. The third-order valence-corrected chi connectivity index (χ3v) is 5.00. The maximum absolute atomic E-state index is 5.51. The number of nitrogens with zero attached hydrogens (tertiary/aromatic N) is 5. The van der Waals surface area contributed by atoms with Gasteiger partial charge in [-0.05, 0) is 48.7 Å². The van der Waals surface area contributed by atoms with Gasteiger partial charge in [-0.15, -0.1) is 5.10 Å². The summed E-state index contributed by atoms with van der Waals surface area (Å²) in [4.78, 5) is 2.44. The Morgan fingerprint density at radius 2 is 1.83 bits per heavy atom. The van der Waals surface area contributed by atoms with Gasteiger partial charge in [0.25, 0.3) is 0 Å². The molecule has 0 N–H and O–H groups in total. The molecule has 6 heteroatoms. The number of morpholine rings is 1. The Hall–Kier alpha value is -1.79. The van der Waals surface area contributed by atoms with Crippen molar-refractivity contribution in [2.75, 3.05) is 26.3 Å². The summed E-state index contributed by atoms with van der Waals surface area (Å²) in [5.74, 6) is 0.902. The lowest BCUT2D eigenvalue weighted by atomic mass is 9.94. The molecule has 0 radical (unpaired) electrons. The SMILES string of the molecule is CCC(C)(c1nnnn1-c1c(C)cccc1C)N1CCOCC1. The number of rotatable bonds is 4. The summed E-state index contributed by atoms with van der Waals surface area (Å²) in [7, 11) is 0. The molecule has 124 valence electrons. The average Bonchev–Trinajstić information content (AvgIpc) is 3.04. The van der Waals surface area contributed by atoms with Gasteiger partial charge in [-0.2, -0.15) is 4.68 Å². The Morgan fingerprint density at radius 3 is 2.43 bits per heavy atom. The van der Waals surface area contributed by atoms with Crippen LogP contribution in [0, 0.1) is 13.8 Å². The first-order valence-electron chi connectivity index (χ1n) is 8.26. The second-order valence-electron chi connectivity index (χ2n) is 6.38. The minimum atomic E-state index is -0.206. The molecule has 1 aliphatic rings. The quantitative estimate of drug-likeness (QED) is 0.866. The summed E-state index contributed by atoms with van der Waals surface area (Å²) in [5.41, 5.74) is 3.24. The van der Waals surface area contributed by atoms with E-state index in [1.165, 1.54) is 11.1 Å². The minimum Gasteiger partial charge on any atom is -0.379 e. The topological polar surface area (TPSA) is 56.1 Å². The predicted octanol–water partition coefficient (Wildman–Crippen LogP) is 2.24. The Balaban J connectivity index is 2.08. The number of hydrogen-bond donors (Lipinski definition) is 0. The monoisotopic (exact) mass is 315 g/mol. The van der Waals surface area contributed by atoms with Gasteiger partial charge in [-0.25, -0.2) is 0 Å². The Kier molecular flexibility index (Phi) is 4.46. The van der Waals surface area contributed by atoms with Crippen LogP contribution in [0.1, 0.15) is 37.2 Å². The summed E-state index contributed by atoms with van der Waals surface area (Å²) in [6.07, 6.45) is 0.943. The molecular weight excluding hydrogens is 290 g/mol. The molecule has 0 saturated carbocycles. The molecule has 1 saturated heterocycles. The number of hydrogen-bond acceptors (Lipinski definition) is 5. The van der Waals surface area contributed by atoms with E-state index >= 15 is 0 Å². The van der Waals surface area contributed by atoms with Gasteiger partial charge in [0, 0.05) is 13.1 Å². The van der Waals surface area contributed by atoms with Crippen LogP contribution < -0.4 is 0 Å². The van der Waals surface area contributed by atoms with Crippen molar-refractivity contribution in [2.24, 2.45) is 0 Å². The first kappa shape index (κ1) is 16.1. The summed E-state index contributed by atoms with van der Waals surface area (Å²) in [6, 6.07) is 6.27. The van der Waals surface area contributed by atoms with Crippen molar-refractivity contribution < 1.29 is 4.74 Å². The van der Waals surface area contributed by atoms with E-state index in [2.05, 4.69) is 66.3 Å². The van der Waals surface area contributed by atoms with Crippen LogP contribution >= 0.6 is 0 Å². The summed E-state index contributed by atoms with van der Waals surface area (Å²) in [6.45, 7) is 12.0. The fourth-order valence-electron chi connectivity index (χ4n) is 3.39. The van der Waals surface area contributed by atoms with Crippen LogP contribution in [0.15, 0.2) is 18.2 Å². The molecule has 1 aromatic heterocycles. The van der Waals surface area contributed by atoms with Gasteiger partial charge >= 0.3 is 0 Å². The molecule has 0 amide bonds. The summed E-state index contributed by atoms with van der Waals surface area (Å²) < 4.78 is 7.43. The van der Waals surface area contributed by atoms with Crippen LogP contribution in [0.25, 0.3) is 5.69 Å². The second kappa shape index (κ2) is 6.37. The van der Waals surface area contributed by atoms with Gasteiger partial charge in [-0.3, -0.25) is 4.90 Å².